The lowest BCUT2D eigenvalue weighted by molar-refractivity contribution is -0.292. The van der Waals surface area contributed by atoms with Crippen LogP contribution in [0.4, 0.5) is 16.2 Å². The summed E-state index contributed by atoms with van der Waals surface area (Å²) in [5.41, 5.74) is 3.17. The van der Waals surface area contributed by atoms with Crippen molar-refractivity contribution in [2.24, 2.45) is 35.5 Å². The smallest absolute Gasteiger partial charge is 0.308 e. The highest BCUT2D eigenvalue weighted by Crippen LogP contribution is 2.46. The maximum atomic E-state index is 15.8. The Kier molecular flexibility index (Phi) is 25.7. The first-order valence-electron chi connectivity index (χ1n) is 36.3. The van der Waals surface area contributed by atoms with Crippen LogP contribution in [0.2, 0.25) is 5.02 Å². The van der Waals surface area contributed by atoms with Crippen LogP contribution < -0.4 is 15.0 Å². The molecule has 25 heteroatoms. The summed E-state index contributed by atoms with van der Waals surface area (Å²) >= 11 is 7.07. The molecule has 5 N–H and O–H groups in total. The number of piperidine rings is 1. The number of aliphatic hydroxyl groups excluding tert-OH is 3. The number of piperazine rings is 2. The van der Waals surface area contributed by atoms with Gasteiger partial charge < -0.3 is 69.2 Å². The summed E-state index contributed by atoms with van der Waals surface area (Å²) in [6.45, 7) is 17.9. The second-order valence-corrected chi connectivity index (χ2v) is 29.6. The fourth-order valence-electron chi connectivity index (χ4n) is 16.2. The predicted octanol–water partition coefficient (Wildman–Crippen LogP) is 8.41. The molecule has 2 bridgehead atoms. The maximum absolute atomic E-state index is 15.8. The van der Waals surface area contributed by atoms with Crippen molar-refractivity contribution >= 4 is 81.5 Å². The Bertz CT molecular complexity index is 3650. The van der Waals surface area contributed by atoms with Crippen LogP contribution in [0.25, 0.3) is 28.1 Å². The molecule has 14 atom stereocenters. The van der Waals surface area contributed by atoms with Gasteiger partial charge in [-0.15, -0.1) is 0 Å². The van der Waals surface area contributed by atoms with Crippen LogP contribution in [0.1, 0.15) is 143 Å². The summed E-state index contributed by atoms with van der Waals surface area (Å²) in [5.74, 6) is -8.49. The quantitative estimate of drug-likeness (QED) is 0.0464. The standard InChI is InChI=1S/C76H102ClFN8O15/c1-9-63(91)82-30-32-85(33-31-82)73-54-42-55(77)67-53(17-14-34-99-61-19-13-18-56(78)68(61)67)69(54)80-75(81-73)79-24-23-65(93)84-28-26-83(27-29-84)64(92)20-12-15-51-37-45(3)35-44(2)36-46(4)71-60(90)39-48(6)76(97,101-71)72(95)74(96)86-25-11-10-16-52(86)41-66(94)100-70(49(7)58(88)43-59(51)89)47(5)38-50-21-22-57(87)62(40-50)98-8/h9,13-14,17-19,37-38,42,44,46,48-52,57-58,60,62,70-71,87-88,90,97H,1,10-12,15-16,20-36,39-41,43H2,2-8H3,(H,79,80,81)/b17-14+,45-37+,47-38+/t44-,46-,48+,49+,50-,51+,52-,57+,58-,60-,62+,70+,71+,76+/m0/s1. The van der Waals surface area contributed by atoms with Gasteiger partial charge in [-0.3, -0.25) is 33.6 Å². The topological polar surface area (TPSA) is 291 Å². The molecule has 0 radical (unpaired) electrons. The molecular formula is C76H102ClFN8O15. The van der Waals surface area contributed by atoms with E-state index in [0.717, 1.165) is 5.57 Å². The van der Waals surface area contributed by atoms with Gasteiger partial charge in [-0.2, -0.15) is 4.98 Å². The third-order valence-electron chi connectivity index (χ3n) is 21.9. The number of carbonyl (C=O) groups excluding carboxylic acids is 7. The number of methoxy groups -OCH3 is 1. The summed E-state index contributed by atoms with van der Waals surface area (Å²) in [7, 11) is 1.55. The third-order valence-corrected chi connectivity index (χ3v) is 22.2. The van der Waals surface area contributed by atoms with Gasteiger partial charge in [0.1, 0.15) is 35.9 Å². The summed E-state index contributed by atoms with van der Waals surface area (Å²) in [4.78, 5) is 117. The zero-order valence-electron chi connectivity index (χ0n) is 59.5. The lowest BCUT2D eigenvalue weighted by Gasteiger charge is -2.46. The molecule has 101 heavy (non-hydrogen) atoms. The molecule has 1 aromatic heterocycles. The minimum Gasteiger partial charge on any atom is -0.489 e. The van der Waals surface area contributed by atoms with Crippen LogP contribution in [-0.2, 0) is 47.8 Å². The van der Waals surface area contributed by atoms with E-state index in [1.807, 2.05) is 50.0 Å². The van der Waals surface area contributed by atoms with Crippen LogP contribution in [0.3, 0.4) is 0 Å². The molecular weight excluding hydrogens is 1320 g/mol. The van der Waals surface area contributed by atoms with Gasteiger partial charge in [-0.1, -0.05) is 75.7 Å². The molecule has 4 amide bonds. The number of hydrogen-bond acceptors (Lipinski definition) is 19. The summed E-state index contributed by atoms with van der Waals surface area (Å²) < 4.78 is 39.8. The predicted molar refractivity (Wildman–Crippen MR) is 380 cm³/mol. The van der Waals surface area contributed by atoms with Crippen molar-refractivity contribution in [1.82, 2.24) is 29.6 Å². The number of halogens is 2. The van der Waals surface area contributed by atoms with Crippen molar-refractivity contribution in [3.8, 4) is 16.9 Å². The van der Waals surface area contributed by atoms with Crippen LogP contribution in [0, 0.1) is 41.3 Å². The van der Waals surface area contributed by atoms with E-state index in [0.29, 0.717) is 149 Å². The molecule has 1 saturated carbocycles. The molecule has 2 aromatic carbocycles. The molecule has 7 aliphatic rings. The summed E-state index contributed by atoms with van der Waals surface area (Å²) in [6.07, 6.45) is 7.74. The first kappa shape index (κ1) is 76.4. The average Bonchev–Trinajstić information content (AvgIpc) is 0.747. The molecule has 550 valence electrons. The second kappa shape index (κ2) is 33.9. The molecule has 7 heterocycles. The van der Waals surface area contributed by atoms with E-state index >= 15 is 4.39 Å². The van der Waals surface area contributed by atoms with E-state index < -0.39 is 95.6 Å². The van der Waals surface area contributed by atoms with E-state index in [9.17, 15) is 54.0 Å². The summed E-state index contributed by atoms with van der Waals surface area (Å²) in [6, 6.07) is 5.58. The number of carbonyl (C=O) groups is 7. The fourth-order valence-corrected chi connectivity index (χ4v) is 16.5. The number of allylic oxidation sites excluding steroid dienone is 3. The van der Waals surface area contributed by atoms with Gasteiger partial charge in [0, 0.05) is 132 Å². The van der Waals surface area contributed by atoms with E-state index in [2.05, 4.69) is 11.9 Å². The number of Topliss-reactive ketones (excluding diaryl/α,β-unsaturated/α-hetero) is 2. The van der Waals surface area contributed by atoms with Gasteiger partial charge in [0.15, 0.2) is 0 Å². The van der Waals surface area contributed by atoms with Crippen LogP contribution >= 0.6 is 11.6 Å². The van der Waals surface area contributed by atoms with E-state index in [-0.39, 0.29) is 110 Å². The number of cyclic esters (lactones) is 1. The molecule has 23 nitrogen and oxygen atoms in total. The summed E-state index contributed by atoms with van der Waals surface area (Å²) in [5, 5.41) is 50.5. The van der Waals surface area contributed by atoms with Crippen LogP contribution in [0.15, 0.2) is 66.3 Å². The molecule has 0 unspecified atom stereocenters. The van der Waals surface area contributed by atoms with E-state index in [1.54, 1.807) is 60.8 Å². The zero-order chi connectivity index (χ0) is 72.6. The molecule has 5 fully saturated rings. The van der Waals surface area contributed by atoms with Crippen molar-refractivity contribution in [3.63, 3.8) is 0 Å². The SMILES string of the molecule is C=CC(=O)N1CCN(c2nc(NCCC(=O)N3CCN(C(=O)CCC[C@@H]4/C=C(\C)C[C@H](C)C[C@H](C)[C@H]5O[C@@](O)(C(=O)C(=O)N6CCCC[C@H]6CC(=O)O[C@H](/C(C)=C/[C@@H]6CC[C@@H](O)[C@H](OC)C6)[C@H](C)[C@@H](O)CC4=O)[C@H](C)C[C@@H]5O)CC3)nc3c4c(c(Cl)cc23)-c2c(F)cccc2OC/C=C/4)CC1. The van der Waals surface area contributed by atoms with Gasteiger partial charge in [0.2, 0.25) is 29.5 Å². The number of esters is 1. The van der Waals surface area contributed by atoms with Gasteiger partial charge in [-0.05, 0) is 138 Å². The number of aliphatic hydroxyl groups is 4. The number of nitrogens with zero attached hydrogens (tertiary/aromatic N) is 7. The van der Waals surface area contributed by atoms with Crippen molar-refractivity contribution in [3.05, 3.63) is 82.7 Å². The Morgan fingerprint density at radius 1 is 0.851 bits per heavy atom. The number of fused-ring (bicyclic) bond motifs is 8. The Morgan fingerprint density at radius 2 is 1.56 bits per heavy atom. The minimum absolute atomic E-state index is 0.00570. The minimum atomic E-state index is -2.54. The van der Waals surface area contributed by atoms with Crippen molar-refractivity contribution in [2.45, 2.75) is 186 Å². The first-order valence-corrected chi connectivity index (χ1v) is 36.6. The Hall–Kier alpha value is -7.19. The van der Waals surface area contributed by atoms with Crippen LogP contribution in [0.5, 0.6) is 5.75 Å². The average molecular weight is 1420 g/mol. The number of aromatic nitrogens is 2. The normalized spacial score (nSPS) is 30.9. The number of nitrogens with one attached hydrogen (secondary N) is 1. The lowest BCUT2D eigenvalue weighted by atomic mass is 9.79. The highest BCUT2D eigenvalue weighted by molar-refractivity contribution is 6.39. The second-order valence-electron chi connectivity index (χ2n) is 29.2. The highest BCUT2D eigenvalue weighted by Gasteiger charge is 2.55. The highest BCUT2D eigenvalue weighted by atomic mass is 35.5. The van der Waals surface area contributed by atoms with Gasteiger partial charge in [0.05, 0.1) is 53.0 Å². The monoisotopic (exact) mass is 1420 g/mol. The molecule has 0 spiro atoms. The Morgan fingerprint density at radius 3 is 2.28 bits per heavy atom. The largest absolute Gasteiger partial charge is 0.489 e. The maximum Gasteiger partial charge on any atom is 0.308 e. The van der Waals surface area contributed by atoms with Crippen molar-refractivity contribution < 1.29 is 77.3 Å². The van der Waals surface area contributed by atoms with E-state index in [4.69, 9.17) is 40.5 Å². The number of ketones is 2. The number of benzene rings is 2. The van der Waals surface area contributed by atoms with Gasteiger partial charge in [0.25, 0.3) is 11.7 Å². The molecule has 1 aliphatic carbocycles. The molecule has 4 saturated heterocycles. The van der Waals surface area contributed by atoms with Crippen molar-refractivity contribution in [2.75, 3.05) is 89.4 Å². The number of amides is 4. The fraction of sp³-hybridized carbons (Fsp3) is 0.618. The third kappa shape index (κ3) is 17.9. The number of ether oxygens (including phenoxy) is 4. The Balaban J connectivity index is 0.815. The number of anilines is 2. The molecule has 3 aromatic rings. The van der Waals surface area contributed by atoms with Crippen molar-refractivity contribution in [1.29, 1.82) is 0 Å². The number of rotatable bonds is 13. The van der Waals surface area contributed by atoms with E-state index in [1.165, 1.54) is 17.0 Å². The Labute approximate surface area is 596 Å². The van der Waals surface area contributed by atoms with Gasteiger partial charge in [-0.25, -0.2) is 9.37 Å². The molecule has 6 aliphatic heterocycles. The lowest BCUT2D eigenvalue weighted by Crippen LogP contribution is -2.63. The molecule has 10 rings (SSSR count). The number of hydrogen-bond donors (Lipinski definition) is 5. The first-order chi connectivity index (χ1) is 48.3. The zero-order valence-corrected chi connectivity index (χ0v) is 60.2. The van der Waals surface area contributed by atoms with Crippen LogP contribution in [-0.4, -0.2) is 219 Å². The van der Waals surface area contributed by atoms with Gasteiger partial charge >= 0.3 is 5.97 Å².